The number of hydrogen-bond donors (Lipinski definition) is 1. The van der Waals surface area contributed by atoms with Gasteiger partial charge in [0.2, 0.25) is 5.43 Å². The second-order valence-corrected chi connectivity index (χ2v) is 8.47. The number of anilines is 1. The van der Waals surface area contributed by atoms with Gasteiger partial charge in [-0.3, -0.25) is 9.69 Å². The van der Waals surface area contributed by atoms with E-state index >= 15 is 4.39 Å². The molecule has 28 heavy (non-hydrogen) atoms. The van der Waals surface area contributed by atoms with Crippen LogP contribution in [-0.4, -0.2) is 53.3 Å². The van der Waals surface area contributed by atoms with Gasteiger partial charge in [0.05, 0.1) is 11.2 Å². The van der Waals surface area contributed by atoms with Crippen LogP contribution in [0, 0.1) is 11.7 Å². The summed E-state index contributed by atoms with van der Waals surface area (Å²) in [6, 6.07) is 3.61. The SMILES string of the molecule is CN1CCN(c2cc3c(cc2F)c(=O)c(C(=O)O)cn3C2CC2)CC1C1CC1. The highest BCUT2D eigenvalue weighted by atomic mass is 19.1. The normalized spacial score (nSPS) is 23.4. The van der Waals surface area contributed by atoms with Crippen molar-refractivity contribution < 1.29 is 14.3 Å². The fourth-order valence-electron chi connectivity index (χ4n) is 4.52. The van der Waals surface area contributed by atoms with E-state index in [2.05, 4.69) is 16.8 Å². The molecule has 1 atom stereocenters. The molecule has 1 saturated heterocycles. The zero-order chi connectivity index (χ0) is 19.6. The number of aromatic carboxylic acids is 1. The molecule has 3 fully saturated rings. The zero-order valence-electron chi connectivity index (χ0n) is 15.9. The van der Waals surface area contributed by atoms with Crippen LogP contribution in [-0.2, 0) is 0 Å². The number of nitrogens with zero attached hydrogens (tertiary/aromatic N) is 3. The number of likely N-dealkylation sites (N-methyl/N-ethyl adjacent to an activating group) is 1. The molecule has 148 valence electrons. The smallest absolute Gasteiger partial charge is 0.341 e. The summed E-state index contributed by atoms with van der Waals surface area (Å²) in [5, 5.41) is 9.53. The number of carbonyl (C=O) groups is 1. The molecule has 2 saturated carbocycles. The van der Waals surface area contributed by atoms with E-state index in [9.17, 15) is 14.7 Å². The molecule has 7 heteroatoms. The standard InChI is InChI=1S/C21H24FN3O3/c1-23-6-7-24(11-19(23)12-2-3-12)18-9-17-14(8-16(18)22)20(26)15(21(27)28)10-25(17)13-4-5-13/h8-10,12-13,19H,2-7,11H2,1H3,(H,27,28). The predicted octanol–water partition coefficient (Wildman–Crippen LogP) is 2.70. The quantitative estimate of drug-likeness (QED) is 0.877. The van der Waals surface area contributed by atoms with Gasteiger partial charge in [0.15, 0.2) is 0 Å². The lowest BCUT2D eigenvalue weighted by molar-refractivity contribution is 0.0695. The molecule has 1 aromatic carbocycles. The minimum atomic E-state index is -1.27. The van der Waals surface area contributed by atoms with E-state index in [4.69, 9.17) is 0 Å². The Balaban J connectivity index is 1.62. The van der Waals surface area contributed by atoms with Gasteiger partial charge in [-0.05, 0) is 50.8 Å². The van der Waals surface area contributed by atoms with Gasteiger partial charge in [0, 0.05) is 43.3 Å². The van der Waals surface area contributed by atoms with Crippen LogP contribution >= 0.6 is 0 Å². The molecule has 1 aromatic heterocycles. The summed E-state index contributed by atoms with van der Waals surface area (Å²) in [5.74, 6) is -1.02. The molecule has 5 rings (SSSR count). The Hall–Kier alpha value is -2.41. The Labute approximate surface area is 162 Å². The summed E-state index contributed by atoms with van der Waals surface area (Å²) in [4.78, 5) is 28.5. The van der Waals surface area contributed by atoms with Gasteiger partial charge in [-0.25, -0.2) is 9.18 Å². The summed E-state index contributed by atoms with van der Waals surface area (Å²) in [6.07, 6.45) is 5.80. The maximum absolute atomic E-state index is 15.1. The van der Waals surface area contributed by atoms with Gasteiger partial charge >= 0.3 is 5.97 Å². The molecular weight excluding hydrogens is 361 g/mol. The zero-order valence-corrected chi connectivity index (χ0v) is 15.9. The molecular formula is C21H24FN3O3. The largest absolute Gasteiger partial charge is 0.477 e. The third-order valence-corrected chi connectivity index (χ3v) is 6.47. The molecule has 2 aliphatic carbocycles. The third-order valence-electron chi connectivity index (χ3n) is 6.47. The fraction of sp³-hybridized carbons (Fsp3) is 0.524. The molecule has 1 N–H and O–H groups in total. The lowest BCUT2D eigenvalue weighted by Gasteiger charge is -2.41. The van der Waals surface area contributed by atoms with Gasteiger partial charge in [-0.1, -0.05) is 0 Å². The number of benzene rings is 1. The van der Waals surface area contributed by atoms with Crippen LogP contribution in [0.2, 0.25) is 0 Å². The Morgan fingerprint density at radius 2 is 1.93 bits per heavy atom. The van der Waals surface area contributed by atoms with Crippen molar-refractivity contribution in [3.63, 3.8) is 0 Å². The maximum atomic E-state index is 15.1. The predicted molar refractivity (Wildman–Crippen MR) is 105 cm³/mol. The Morgan fingerprint density at radius 1 is 1.18 bits per heavy atom. The molecule has 1 aliphatic heterocycles. The highest BCUT2D eigenvalue weighted by Gasteiger charge is 2.38. The number of fused-ring (bicyclic) bond motifs is 1. The lowest BCUT2D eigenvalue weighted by Crippen LogP contribution is -2.52. The van der Waals surface area contributed by atoms with Crippen molar-refractivity contribution in [2.45, 2.75) is 37.8 Å². The molecule has 0 radical (unpaired) electrons. The summed E-state index contributed by atoms with van der Waals surface area (Å²) in [5.41, 5.74) is 0.248. The summed E-state index contributed by atoms with van der Waals surface area (Å²) in [7, 11) is 2.13. The van der Waals surface area contributed by atoms with Gasteiger partial charge in [-0.2, -0.15) is 0 Å². The summed E-state index contributed by atoms with van der Waals surface area (Å²) >= 11 is 0. The summed E-state index contributed by atoms with van der Waals surface area (Å²) < 4.78 is 16.9. The second kappa shape index (κ2) is 6.30. The Morgan fingerprint density at radius 3 is 2.57 bits per heavy atom. The minimum absolute atomic E-state index is 0.154. The maximum Gasteiger partial charge on any atom is 0.341 e. The lowest BCUT2D eigenvalue weighted by atomic mass is 10.1. The highest BCUT2D eigenvalue weighted by molar-refractivity contribution is 5.93. The Kier molecular flexibility index (Phi) is 3.98. The number of halogens is 1. The number of carboxylic acid groups (broad SMARTS) is 1. The van der Waals surface area contributed by atoms with E-state index in [1.165, 1.54) is 25.1 Å². The van der Waals surface area contributed by atoms with Gasteiger partial charge in [0.1, 0.15) is 11.4 Å². The van der Waals surface area contributed by atoms with Crippen LogP contribution in [0.3, 0.4) is 0 Å². The van der Waals surface area contributed by atoms with Crippen LogP contribution in [0.15, 0.2) is 23.1 Å². The number of hydrogen-bond acceptors (Lipinski definition) is 4. The van der Waals surface area contributed by atoms with Gasteiger partial charge < -0.3 is 14.6 Å². The third kappa shape index (κ3) is 2.89. The van der Waals surface area contributed by atoms with E-state index in [0.717, 1.165) is 32.5 Å². The molecule has 0 spiro atoms. The molecule has 3 aliphatic rings. The minimum Gasteiger partial charge on any atom is -0.477 e. The summed E-state index contributed by atoms with van der Waals surface area (Å²) in [6.45, 7) is 2.40. The van der Waals surface area contributed by atoms with E-state index in [-0.39, 0.29) is 17.0 Å². The van der Waals surface area contributed by atoms with Crippen molar-refractivity contribution in [3.8, 4) is 0 Å². The van der Waals surface area contributed by atoms with Crippen LogP contribution in [0.1, 0.15) is 42.1 Å². The number of pyridine rings is 1. The van der Waals surface area contributed by atoms with E-state index < -0.39 is 17.2 Å². The Bertz CT molecular complexity index is 1030. The van der Waals surface area contributed by atoms with Crippen LogP contribution in [0.5, 0.6) is 0 Å². The van der Waals surface area contributed by atoms with Crippen LogP contribution in [0.25, 0.3) is 10.9 Å². The first-order valence-electron chi connectivity index (χ1n) is 10.0. The first kappa shape index (κ1) is 17.7. The van der Waals surface area contributed by atoms with Crippen molar-refractivity contribution in [1.29, 1.82) is 0 Å². The van der Waals surface area contributed by atoms with Crippen molar-refractivity contribution in [2.75, 3.05) is 31.6 Å². The molecule has 6 nitrogen and oxygen atoms in total. The fourth-order valence-corrected chi connectivity index (χ4v) is 4.52. The van der Waals surface area contributed by atoms with Crippen molar-refractivity contribution >= 4 is 22.6 Å². The first-order chi connectivity index (χ1) is 13.4. The topological polar surface area (TPSA) is 65.8 Å². The second-order valence-electron chi connectivity index (χ2n) is 8.47. The number of piperazine rings is 1. The van der Waals surface area contributed by atoms with Crippen molar-refractivity contribution in [3.05, 3.63) is 39.9 Å². The number of aromatic nitrogens is 1. The number of carboxylic acids is 1. The van der Waals surface area contributed by atoms with Crippen LogP contribution in [0.4, 0.5) is 10.1 Å². The number of rotatable bonds is 4. The first-order valence-corrected chi connectivity index (χ1v) is 10.0. The molecule has 1 unspecified atom stereocenters. The molecule has 0 bridgehead atoms. The van der Waals surface area contributed by atoms with Crippen molar-refractivity contribution in [1.82, 2.24) is 9.47 Å². The molecule has 0 amide bonds. The average molecular weight is 385 g/mol. The van der Waals surface area contributed by atoms with Gasteiger partial charge in [0.25, 0.3) is 0 Å². The highest BCUT2D eigenvalue weighted by Crippen LogP contribution is 2.40. The average Bonchev–Trinajstić information content (AvgIpc) is 3.54. The van der Waals surface area contributed by atoms with Crippen LogP contribution < -0.4 is 10.3 Å². The molecule has 2 heterocycles. The van der Waals surface area contributed by atoms with E-state index in [1.807, 2.05) is 4.57 Å². The monoisotopic (exact) mass is 385 g/mol. The van der Waals surface area contributed by atoms with E-state index in [0.29, 0.717) is 23.2 Å². The van der Waals surface area contributed by atoms with E-state index in [1.54, 1.807) is 6.07 Å². The van der Waals surface area contributed by atoms with Crippen molar-refractivity contribution in [2.24, 2.45) is 5.92 Å². The van der Waals surface area contributed by atoms with Gasteiger partial charge in [-0.15, -0.1) is 0 Å². The molecule has 2 aromatic rings.